The Hall–Kier alpha value is -2.10. The fourth-order valence-corrected chi connectivity index (χ4v) is 5.42. The molecule has 5 nitrogen and oxygen atoms in total. The second-order valence-electron chi connectivity index (χ2n) is 9.99. The zero-order valence-corrected chi connectivity index (χ0v) is 20.8. The third-order valence-electron chi connectivity index (χ3n) is 6.21. The number of hydrogen-bond acceptors (Lipinski definition) is 5. The summed E-state index contributed by atoms with van der Waals surface area (Å²) in [7, 11) is 1.37. The Labute approximate surface area is 196 Å². The number of morpholine rings is 1. The molecular formula is C26H35NO4S. The van der Waals surface area contributed by atoms with Crippen molar-refractivity contribution in [1.82, 2.24) is 0 Å². The van der Waals surface area contributed by atoms with Crippen molar-refractivity contribution in [3.8, 4) is 11.8 Å². The lowest BCUT2D eigenvalue weighted by molar-refractivity contribution is -0.152. The SMILES string of the molecule is C=CC[C@]1(C)OC[C@@H](C2CCCCC2)N(c2cc(C#CC(C)(C)C)sc2C(=O)OC)C1=O. The molecule has 32 heavy (non-hydrogen) atoms. The van der Waals surface area contributed by atoms with Crippen LogP contribution in [0.1, 0.15) is 80.8 Å². The Kier molecular flexibility index (Phi) is 7.52. The van der Waals surface area contributed by atoms with Gasteiger partial charge in [0.15, 0.2) is 0 Å². The third-order valence-corrected chi connectivity index (χ3v) is 7.23. The highest BCUT2D eigenvalue weighted by molar-refractivity contribution is 7.15. The van der Waals surface area contributed by atoms with Crippen LogP contribution < -0.4 is 4.90 Å². The molecule has 2 aliphatic rings. The van der Waals surface area contributed by atoms with Crippen LogP contribution in [0.25, 0.3) is 0 Å². The topological polar surface area (TPSA) is 55.8 Å². The van der Waals surface area contributed by atoms with Crippen LogP contribution in [0.4, 0.5) is 5.69 Å². The molecule has 1 aliphatic carbocycles. The van der Waals surface area contributed by atoms with Gasteiger partial charge in [-0.2, -0.15) is 0 Å². The second kappa shape index (κ2) is 9.80. The number of carbonyl (C=O) groups is 2. The van der Waals surface area contributed by atoms with Crippen LogP contribution in [0.15, 0.2) is 18.7 Å². The predicted octanol–water partition coefficient (Wildman–Crippen LogP) is 5.58. The summed E-state index contributed by atoms with van der Waals surface area (Å²) in [5, 5.41) is 0. The van der Waals surface area contributed by atoms with E-state index in [9.17, 15) is 9.59 Å². The van der Waals surface area contributed by atoms with E-state index in [1.807, 2.05) is 38.7 Å². The first-order valence-electron chi connectivity index (χ1n) is 11.4. The van der Waals surface area contributed by atoms with E-state index in [2.05, 4.69) is 18.4 Å². The van der Waals surface area contributed by atoms with Gasteiger partial charge in [-0.05, 0) is 52.5 Å². The number of rotatable bonds is 5. The maximum atomic E-state index is 13.8. The lowest BCUT2D eigenvalue weighted by Gasteiger charge is -2.47. The van der Waals surface area contributed by atoms with E-state index in [0.717, 1.165) is 30.6 Å². The molecule has 6 heteroatoms. The normalized spacial score (nSPS) is 24.6. The molecule has 1 aromatic heterocycles. The maximum absolute atomic E-state index is 13.8. The molecule has 0 bridgehead atoms. The Morgan fingerprint density at radius 2 is 2.06 bits per heavy atom. The van der Waals surface area contributed by atoms with Crippen molar-refractivity contribution >= 4 is 28.9 Å². The lowest BCUT2D eigenvalue weighted by atomic mass is 9.81. The Morgan fingerprint density at radius 3 is 2.66 bits per heavy atom. The van der Waals surface area contributed by atoms with Gasteiger partial charge in [0.05, 0.1) is 30.3 Å². The number of methoxy groups -OCH3 is 1. The Morgan fingerprint density at radius 1 is 1.38 bits per heavy atom. The molecule has 0 spiro atoms. The molecule has 2 atom stereocenters. The number of nitrogens with zero attached hydrogens (tertiary/aromatic N) is 1. The van der Waals surface area contributed by atoms with Gasteiger partial charge in [0, 0.05) is 11.8 Å². The number of hydrogen-bond donors (Lipinski definition) is 0. The standard InChI is InChI=1S/C26H35NO4S/c1-7-14-26(5)24(29)27(21(17-31-26)18-11-9-8-10-12-18)20-16-19(13-15-25(2,3)4)32-22(20)23(28)30-6/h7,16,18,21H,1,8-12,14,17H2,2-6H3/t21-,26-/m0/s1. The largest absolute Gasteiger partial charge is 0.465 e. The van der Waals surface area contributed by atoms with Gasteiger partial charge >= 0.3 is 5.97 Å². The number of esters is 1. The molecule has 174 valence electrons. The summed E-state index contributed by atoms with van der Waals surface area (Å²) in [5.74, 6) is 6.19. The van der Waals surface area contributed by atoms with E-state index in [1.54, 1.807) is 6.08 Å². The minimum absolute atomic E-state index is 0.109. The summed E-state index contributed by atoms with van der Waals surface area (Å²) >= 11 is 1.29. The molecule has 1 saturated heterocycles. The first kappa shape index (κ1) is 24.5. The summed E-state index contributed by atoms with van der Waals surface area (Å²) in [6, 6.07) is 1.77. The molecule has 1 aliphatic heterocycles. The molecule has 0 N–H and O–H groups in total. The minimum Gasteiger partial charge on any atom is -0.465 e. The molecule has 0 aromatic carbocycles. The Balaban J connectivity index is 2.11. The minimum atomic E-state index is -1.00. The van der Waals surface area contributed by atoms with Crippen LogP contribution in [-0.4, -0.2) is 37.2 Å². The third kappa shape index (κ3) is 5.27. The fourth-order valence-electron chi connectivity index (χ4n) is 4.50. The molecule has 0 radical (unpaired) electrons. The van der Waals surface area contributed by atoms with E-state index in [1.165, 1.54) is 24.9 Å². The van der Waals surface area contributed by atoms with Crippen molar-refractivity contribution in [2.75, 3.05) is 18.6 Å². The van der Waals surface area contributed by atoms with Gasteiger partial charge < -0.3 is 14.4 Å². The molecule has 2 fully saturated rings. The lowest BCUT2D eigenvalue weighted by Crippen LogP contribution is -2.62. The van der Waals surface area contributed by atoms with E-state index in [4.69, 9.17) is 9.47 Å². The van der Waals surface area contributed by atoms with E-state index >= 15 is 0 Å². The molecule has 3 rings (SSSR count). The number of carbonyl (C=O) groups excluding carboxylic acids is 2. The number of thiophene rings is 1. The first-order chi connectivity index (χ1) is 15.1. The van der Waals surface area contributed by atoms with Gasteiger partial charge in [-0.25, -0.2) is 4.79 Å². The molecule has 2 heterocycles. The highest BCUT2D eigenvalue weighted by Gasteiger charge is 2.48. The number of ether oxygens (including phenoxy) is 2. The van der Waals surface area contributed by atoms with E-state index < -0.39 is 11.6 Å². The van der Waals surface area contributed by atoms with Crippen molar-refractivity contribution in [3.05, 3.63) is 28.5 Å². The number of amides is 1. The van der Waals surface area contributed by atoms with Gasteiger partial charge in [0.1, 0.15) is 10.5 Å². The van der Waals surface area contributed by atoms with Crippen LogP contribution in [0.2, 0.25) is 0 Å². The van der Waals surface area contributed by atoms with Crippen molar-refractivity contribution in [3.63, 3.8) is 0 Å². The van der Waals surface area contributed by atoms with Crippen LogP contribution in [0, 0.1) is 23.2 Å². The smallest absolute Gasteiger partial charge is 0.350 e. The first-order valence-corrected chi connectivity index (χ1v) is 12.2. The van der Waals surface area contributed by atoms with Crippen LogP contribution >= 0.6 is 11.3 Å². The zero-order valence-electron chi connectivity index (χ0n) is 20.0. The van der Waals surface area contributed by atoms with Gasteiger partial charge in [-0.1, -0.05) is 37.2 Å². The average molecular weight is 458 g/mol. The molecule has 0 unspecified atom stereocenters. The fraction of sp³-hybridized carbons (Fsp3) is 0.615. The monoisotopic (exact) mass is 457 g/mol. The highest BCUT2D eigenvalue weighted by atomic mass is 32.1. The Bertz CT molecular complexity index is 926. The zero-order chi connectivity index (χ0) is 23.5. The summed E-state index contributed by atoms with van der Waals surface area (Å²) in [4.78, 5) is 29.6. The van der Waals surface area contributed by atoms with Gasteiger partial charge in [0.25, 0.3) is 5.91 Å². The van der Waals surface area contributed by atoms with Gasteiger partial charge in [0.2, 0.25) is 0 Å². The molecule has 1 saturated carbocycles. The average Bonchev–Trinajstić information content (AvgIpc) is 3.18. The summed E-state index contributed by atoms with van der Waals surface area (Å²) in [6.45, 7) is 12.2. The quantitative estimate of drug-likeness (QED) is 0.329. The van der Waals surface area contributed by atoms with E-state index in [0.29, 0.717) is 29.5 Å². The van der Waals surface area contributed by atoms with Crippen LogP contribution in [0.5, 0.6) is 0 Å². The van der Waals surface area contributed by atoms with Gasteiger partial charge in [-0.3, -0.25) is 4.79 Å². The summed E-state index contributed by atoms with van der Waals surface area (Å²) in [5.41, 5.74) is -0.573. The van der Waals surface area contributed by atoms with Crippen molar-refractivity contribution in [2.24, 2.45) is 11.3 Å². The molecular weight excluding hydrogens is 422 g/mol. The van der Waals surface area contributed by atoms with Gasteiger partial charge in [-0.15, -0.1) is 17.9 Å². The molecule has 1 amide bonds. The van der Waals surface area contributed by atoms with Crippen LogP contribution in [-0.2, 0) is 14.3 Å². The summed E-state index contributed by atoms with van der Waals surface area (Å²) in [6.07, 6.45) is 7.78. The highest BCUT2D eigenvalue weighted by Crippen LogP contribution is 2.41. The predicted molar refractivity (Wildman–Crippen MR) is 129 cm³/mol. The van der Waals surface area contributed by atoms with E-state index in [-0.39, 0.29) is 17.4 Å². The van der Waals surface area contributed by atoms with Crippen LogP contribution in [0.3, 0.4) is 0 Å². The summed E-state index contributed by atoms with van der Waals surface area (Å²) < 4.78 is 11.2. The van der Waals surface area contributed by atoms with Crippen molar-refractivity contribution < 1.29 is 19.1 Å². The van der Waals surface area contributed by atoms with Crippen molar-refractivity contribution in [2.45, 2.75) is 77.9 Å². The second-order valence-corrected chi connectivity index (χ2v) is 11.0. The molecule has 1 aromatic rings. The number of anilines is 1. The maximum Gasteiger partial charge on any atom is 0.350 e. The van der Waals surface area contributed by atoms with Crippen molar-refractivity contribution in [1.29, 1.82) is 0 Å².